The second-order valence-corrected chi connectivity index (χ2v) is 7.00. The lowest BCUT2D eigenvalue weighted by molar-refractivity contribution is 0.284. The minimum Gasteiger partial charge on any atom is -0.493 e. The summed E-state index contributed by atoms with van der Waals surface area (Å²) in [6.45, 7) is 2.32. The summed E-state index contributed by atoms with van der Waals surface area (Å²) in [5.41, 5.74) is 1.74. The molecule has 28 heavy (non-hydrogen) atoms. The van der Waals surface area contributed by atoms with Crippen LogP contribution in [-0.2, 0) is 13.0 Å². The van der Waals surface area contributed by atoms with Crippen molar-refractivity contribution >= 4 is 41.6 Å². The molecule has 0 unspecified atom stereocenters. The number of H-pyrrole nitrogens is 1. The lowest BCUT2D eigenvalue weighted by Gasteiger charge is -2.11. The summed E-state index contributed by atoms with van der Waals surface area (Å²) in [6, 6.07) is 10.9. The van der Waals surface area contributed by atoms with Gasteiger partial charge < -0.3 is 9.47 Å². The number of benzene rings is 2. The van der Waals surface area contributed by atoms with Crippen LogP contribution in [0, 0.1) is 4.77 Å². The highest BCUT2D eigenvalue weighted by Gasteiger charge is 2.07. The number of halogens is 2. The fraction of sp³-hybridized carbons (Fsp3) is 0.211. The number of hydrogen-bond acceptors (Lipinski definition) is 5. The van der Waals surface area contributed by atoms with Gasteiger partial charge in [0.15, 0.2) is 17.3 Å². The molecule has 3 aromatic rings. The minimum absolute atomic E-state index is 0.338. The molecule has 1 N–H and O–H groups in total. The molecule has 0 fully saturated rings. The first-order chi connectivity index (χ1) is 13.5. The molecule has 0 atom stereocenters. The number of ether oxygens (including phenoxy) is 2. The van der Waals surface area contributed by atoms with Crippen LogP contribution >= 0.6 is 35.4 Å². The fourth-order valence-corrected chi connectivity index (χ4v) is 2.99. The second kappa shape index (κ2) is 9.23. The monoisotopic (exact) mass is 436 g/mol. The van der Waals surface area contributed by atoms with Crippen LogP contribution < -0.4 is 9.47 Å². The summed E-state index contributed by atoms with van der Waals surface area (Å²) in [6.07, 6.45) is 2.41. The van der Waals surface area contributed by atoms with E-state index in [1.165, 1.54) is 0 Å². The molecule has 0 bridgehead atoms. The van der Waals surface area contributed by atoms with Gasteiger partial charge in [0.25, 0.3) is 0 Å². The molecule has 0 aliphatic heterocycles. The van der Waals surface area contributed by atoms with Crippen LogP contribution in [-0.4, -0.2) is 28.2 Å². The zero-order valence-electron chi connectivity index (χ0n) is 15.3. The van der Waals surface area contributed by atoms with E-state index in [-0.39, 0.29) is 0 Å². The van der Waals surface area contributed by atoms with Crippen molar-refractivity contribution in [1.82, 2.24) is 14.9 Å². The van der Waals surface area contributed by atoms with Crippen LogP contribution in [0.5, 0.6) is 11.5 Å². The molecule has 1 heterocycles. The number of aromatic nitrogens is 3. The Labute approximate surface area is 177 Å². The first kappa shape index (κ1) is 20.4. The maximum absolute atomic E-state index is 6.04. The molecule has 6 nitrogen and oxygen atoms in total. The van der Waals surface area contributed by atoms with E-state index in [4.69, 9.17) is 44.9 Å². The van der Waals surface area contributed by atoms with Gasteiger partial charge in [0.2, 0.25) is 4.77 Å². The van der Waals surface area contributed by atoms with E-state index in [0.717, 1.165) is 23.4 Å². The SMILES string of the molecule is CCc1n[nH]c(=S)n1/N=C/c1ccc(OCc2ccc(Cl)c(Cl)c2)c(OC)c1. The first-order valence-corrected chi connectivity index (χ1v) is 9.63. The quantitative estimate of drug-likeness (QED) is 0.404. The molecule has 1 aromatic heterocycles. The highest BCUT2D eigenvalue weighted by molar-refractivity contribution is 7.71. The minimum atomic E-state index is 0.338. The van der Waals surface area contributed by atoms with E-state index in [1.54, 1.807) is 30.1 Å². The summed E-state index contributed by atoms with van der Waals surface area (Å²) < 4.78 is 13.3. The summed E-state index contributed by atoms with van der Waals surface area (Å²) >= 11 is 17.2. The van der Waals surface area contributed by atoms with Gasteiger partial charge >= 0.3 is 0 Å². The van der Waals surface area contributed by atoms with Crippen molar-refractivity contribution in [2.75, 3.05) is 7.11 Å². The third-order valence-electron chi connectivity index (χ3n) is 3.92. The summed E-state index contributed by atoms with van der Waals surface area (Å²) in [4.78, 5) is 0. The standard InChI is InChI=1S/C19H18Cl2N4O2S/c1-3-18-23-24-19(28)25(18)22-10-12-5-7-16(17(9-12)26-2)27-11-13-4-6-14(20)15(21)8-13/h4-10H,3,11H2,1-2H3,(H,24,28)/b22-10+. The highest BCUT2D eigenvalue weighted by Crippen LogP contribution is 2.29. The summed E-state index contributed by atoms with van der Waals surface area (Å²) in [5, 5.41) is 12.3. The second-order valence-electron chi connectivity index (χ2n) is 5.80. The molecule has 0 spiro atoms. The third-order valence-corrected chi connectivity index (χ3v) is 4.93. The number of nitrogens with one attached hydrogen (secondary N) is 1. The Hall–Kier alpha value is -2.35. The van der Waals surface area contributed by atoms with E-state index in [2.05, 4.69) is 15.3 Å². The number of hydrogen-bond donors (Lipinski definition) is 1. The van der Waals surface area contributed by atoms with Gasteiger partial charge in [-0.05, 0) is 53.7 Å². The van der Waals surface area contributed by atoms with Gasteiger partial charge in [-0.2, -0.15) is 14.9 Å². The van der Waals surface area contributed by atoms with Crippen molar-refractivity contribution in [1.29, 1.82) is 0 Å². The molecule has 0 amide bonds. The van der Waals surface area contributed by atoms with Crippen LogP contribution in [0.15, 0.2) is 41.5 Å². The first-order valence-electron chi connectivity index (χ1n) is 8.47. The summed E-state index contributed by atoms with van der Waals surface area (Å²) in [7, 11) is 1.59. The molecule has 146 valence electrons. The van der Waals surface area contributed by atoms with E-state index < -0.39 is 0 Å². The van der Waals surface area contributed by atoms with Crippen LogP contribution in [0.3, 0.4) is 0 Å². The van der Waals surface area contributed by atoms with Gasteiger partial charge in [0.1, 0.15) is 6.61 Å². The molecule has 3 rings (SSSR count). The Morgan fingerprint density at radius 2 is 2.00 bits per heavy atom. The van der Waals surface area contributed by atoms with E-state index in [9.17, 15) is 0 Å². The molecule has 0 saturated heterocycles. The van der Waals surface area contributed by atoms with E-state index in [1.807, 2.05) is 31.2 Å². The molecule has 0 aliphatic carbocycles. The number of rotatable bonds is 7. The largest absolute Gasteiger partial charge is 0.493 e. The predicted octanol–water partition coefficient (Wildman–Crippen LogP) is 5.28. The molecule has 0 aliphatic rings. The number of aryl methyl sites for hydroxylation is 1. The summed E-state index contributed by atoms with van der Waals surface area (Å²) in [5.74, 6) is 1.96. The fourth-order valence-electron chi connectivity index (χ4n) is 2.47. The van der Waals surface area contributed by atoms with Crippen molar-refractivity contribution in [2.45, 2.75) is 20.0 Å². The van der Waals surface area contributed by atoms with Crippen molar-refractivity contribution in [3.05, 3.63) is 68.2 Å². The number of methoxy groups -OCH3 is 1. The smallest absolute Gasteiger partial charge is 0.216 e. The Kier molecular flexibility index (Phi) is 6.72. The van der Waals surface area contributed by atoms with Crippen LogP contribution in [0.1, 0.15) is 23.9 Å². The van der Waals surface area contributed by atoms with Gasteiger partial charge in [-0.3, -0.25) is 5.10 Å². The third kappa shape index (κ3) is 4.73. The van der Waals surface area contributed by atoms with Crippen molar-refractivity contribution < 1.29 is 9.47 Å². The maximum Gasteiger partial charge on any atom is 0.216 e. The average Bonchev–Trinajstić information content (AvgIpc) is 3.07. The maximum atomic E-state index is 6.04. The Morgan fingerprint density at radius 3 is 2.71 bits per heavy atom. The zero-order chi connectivity index (χ0) is 20.1. The topological polar surface area (TPSA) is 64.4 Å². The van der Waals surface area contributed by atoms with Crippen molar-refractivity contribution in [3.8, 4) is 11.5 Å². The van der Waals surface area contributed by atoms with Crippen LogP contribution in [0.25, 0.3) is 0 Å². The zero-order valence-corrected chi connectivity index (χ0v) is 17.6. The molecule has 9 heteroatoms. The molecule has 0 saturated carbocycles. The van der Waals surface area contributed by atoms with Gasteiger partial charge in [0, 0.05) is 6.42 Å². The van der Waals surface area contributed by atoms with Crippen LogP contribution in [0.4, 0.5) is 0 Å². The predicted molar refractivity (Wildman–Crippen MR) is 114 cm³/mol. The lowest BCUT2D eigenvalue weighted by Crippen LogP contribution is -2.00. The number of nitrogens with zero attached hydrogens (tertiary/aromatic N) is 3. The normalized spacial score (nSPS) is 11.1. The van der Waals surface area contributed by atoms with Gasteiger partial charge in [-0.15, -0.1) is 0 Å². The van der Waals surface area contributed by atoms with Crippen molar-refractivity contribution in [2.24, 2.45) is 5.10 Å². The van der Waals surface area contributed by atoms with Gasteiger partial charge in [-0.1, -0.05) is 36.2 Å². The van der Waals surface area contributed by atoms with E-state index >= 15 is 0 Å². The Balaban J connectivity index is 1.76. The lowest BCUT2D eigenvalue weighted by atomic mass is 10.2. The van der Waals surface area contributed by atoms with Crippen molar-refractivity contribution in [3.63, 3.8) is 0 Å². The highest BCUT2D eigenvalue weighted by atomic mass is 35.5. The number of aromatic amines is 1. The molecular formula is C19H18Cl2N4O2S. The van der Waals surface area contributed by atoms with E-state index in [0.29, 0.717) is 32.9 Å². The molecule has 0 radical (unpaired) electrons. The molecular weight excluding hydrogens is 419 g/mol. The Bertz CT molecular complexity index is 1060. The molecule has 2 aromatic carbocycles. The average molecular weight is 437 g/mol. The van der Waals surface area contributed by atoms with Gasteiger partial charge in [-0.25, -0.2) is 0 Å². The van der Waals surface area contributed by atoms with Crippen LogP contribution in [0.2, 0.25) is 10.0 Å². The van der Waals surface area contributed by atoms with Gasteiger partial charge in [0.05, 0.1) is 23.4 Å². The Morgan fingerprint density at radius 1 is 1.18 bits per heavy atom.